The first-order valence-corrected chi connectivity index (χ1v) is 6.35. The van der Waals surface area contributed by atoms with Crippen LogP contribution in [-0.4, -0.2) is 49.7 Å². The molecule has 1 N–H and O–H groups in total. The van der Waals surface area contributed by atoms with Gasteiger partial charge in [0.2, 0.25) is 5.91 Å². The van der Waals surface area contributed by atoms with E-state index in [1.807, 2.05) is 11.9 Å². The van der Waals surface area contributed by atoms with E-state index < -0.39 is 0 Å². The molecular weight excluding hydrogens is 240 g/mol. The Kier molecular flexibility index (Phi) is 6.23. The zero-order valence-electron chi connectivity index (χ0n) is 10.5. The number of carbonyl (C=O) groups excluding carboxylic acids is 1. The van der Waals surface area contributed by atoms with Gasteiger partial charge in [0.05, 0.1) is 12.1 Å². The van der Waals surface area contributed by atoms with E-state index >= 15 is 0 Å². The Hall–Kier alpha value is -0.320. The molecule has 17 heavy (non-hydrogen) atoms. The van der Waals surface area contributed by atoms with Gasteiger partial charge < -0.3 is 15.0 Å². The van der Waals surface area contributed by atoms with E-state index in [-0.39, 0.29) is 18.3 Å². The largest absolute Gasteiger partial charge is 0.378 e. The van der Waals surface area contributed by atoms with E-state index in [1.165, 1.54) is 12.8 Å². The molecule has 0 spiro atoms. The summed E-state index contributed by atoms with van der Waals surface area (Å²) in [6.07, 6.45) is 5.41. The van der Waals surface area contributed by atoms with Crippen LogP contribution in [0.4, 0.5) is 0 Å². The van der Waals surface area contributed by atoms with E-state index in [2.05, 4.69) is 5.32 Å². The second-order valence-corrected chi connectivity index (χ2v) is 4.84. The van der Waals surface area contributed by atoms with Crippen molar-refractivity contribution in [2.45, 2.75) is 44.2 Å². The molecule has 1 unspecified atom stereocenters. The van der Waals surface area contributed by atoms with Gasteiger partial charge in [0.1, 0.15) is 0 Å². The molecule has 0 aliphatic carbocycles. The van der Waals surface area contributed by atoms with Gasteiger partial charge in [-0.2, -0.15) is 0 Å². The summed E-state index contributed by atoms with van der Waals surface area (Å²) < 4.78 is 5.63. The first kappa shape index (κ1) is 14.7. The maximum Gasteiger partial charge on any atom is 0.222 e. The Labute approximate surface area is 109 Å². The fourth-order valence-corrected chi connectivity index (χ4v) is 2.25. The lowest BCUT2D eigenvalue weighted by Gasteiger charge is -2.36. The third kappa shape index (κ3) is 4.12. The molecule has 2 aliphatic rings. The summed E-state index contributed by atoms with van der Waals surface area (Å²) in [6.45, 7) is 2.77. The molecule has 2 fully saturated rings. The van der Waals surface area contributed by atoms with Gasteiger partial charge in [-0.1, -0.05) is 0 Å². The summed E-state index contributed by atoms with van der Waals surface area (Å²) in [4.78, 5) is 13.8. The lowest BCUT2D eigenvalue weighted by atomic mass is 10.0. The van der Waals surface area contributed by atoms with E-state index in [0.717, 1.165) is 32.5 Å². The zero-order valence-corrected chi connectivity index (χ0v) is 11.3. The molecule has 2 rings (SSSR count). The fraction of sp³-hybridized carbons (Fsp3) is 0.917. The number of nitrogens with one attached hydrogen (secondary N) is 1. The second-order valence-electron chi connectivity index (χ2n) is 4.84. The van der Waals surface area contributed by atoms with Crippen molar-refractivity contribution in [1.82, 2.24) is 10.2 Å². The number of likely N-dealkylation sites (N-methyl/N-ethyl adjacent to an activating group) is 1. The first-order chi connectivity index (χ1) is 7.77. The topological polar surface area (TPSA) is 41.6 Å². The van der Waals surface area contributed by atoms with Crippen molar-refractivity contribution in [3.05, 3.63) is 0 Å². The van der Waals surface area contributed by atoms with Gasteiger partial charge in [-0.05, 0) is 25.7 Å². The van der Waals surface area contributed by atoms with E-state index in [9.17, 15) is 4.79 Å². The highest BCUT2D eigenvalue weighted by atomic mass is 35.5. The molecule has 0 radical (unpaired) electrons. The van der Waals surface area contributed by atoms with Gasteiger partial charge in [0.15, 0.2) is 0 Å². The van der Waals surface area contributed by atoms with Crippen LogP contribution in [0.2, 0.25) is 0 Å². The summed E-state index contributed by atoms with van der Waals surface area (Å²) in [6, 6.07) is 0.416. The molecule has 0 aromatic carbocycles. The average Bonchev–Trinajstić information content (AvgIpc) is 2.25. The van der Waals surface area contributed by atoms with E-state index in [4.69, 9.17) is 4.74 Å². The summed E-state index contributed by atoms with van der Waals surface area (Å²) in [5.74, 6) is 0.265. The molecular formula is C12H23ClN2O2. The van der Waals surface area contributed by atoms with Crippen LogP contribution in [0, 0.1) is 0 Å². The monoisotopic (exact) mass is 262 g/mol. The zero-order chi connectivity index (χ0) is 11.4. The van der Waals surface area contributed by atoms with Crippen molar-refractivity contribution >= 4 is 18.3 Å². The van der Waals surface area contributed by atoms with Crippen molar-refractivity contribution in [3.63, 3.8) is 0 Å². The Balaban J connectivity index is 0.00000144. The number of rotatable bonds is 4. The predicted molar refractivity (Wildman–Crippen MR) is 69.5 cm³/mol. The van der Waals surface area contributed by atoms with Crippen LogP contribution in [0.5, 0.6) is 0 Å². The maximum atomic E-state index is 11.9. The van der Waals surface area contributed by atoms with Gasteiger partial charge in [-0.25, -0.2) is 0 Å². The van der Waals surface area contributed by atoms with Gasteiger partial charge in [0, 0.05) is 33.2 Å². The number of carbonyl (C=O) groups is 1. The summed E-state index contributed by atoms with van der Waals surface area (Å²) in [5.41, 5.74) is 0. The highest BCUT2D eigenvalue weighted by Gasteiger charge is 2.25. The minimum absolute atomic E-state index is 0. The molecule has 100 valence electrons. The number of nitrogens with zero attached hydrogens (tertiary/aromatic N) is 1. The number of ether oxygens (including phenoxy) is 1. The highest BCUT2D eigenvalue weighted by molar-refractivity contribution is 5.85. The van der Waals surface area contributed by atoms with Crippen LogP contribution in [0.15, 0.2) is 0 Å². The Morgan fingerprint density at radius 3 is 2.71 bits per heavy atom. The molecule has 1 amide bonds. The first-order valence-electron chi connectivity index (χ1n) is 6.35. The average molecular weight is 263 g/mol. The van der Waals surface area contributed by atoms with E-state index in [1.54, 1.807) is 0 Å². The minimum atomic E-state index is 0. The molecule has 0 bridgehead atoms. The Bertz CT molecular complexity index is 241. The van der Waals surface area contributed by atoms with Crippen molar-refractivity contribution in [3.8, 4) is 0 Å². The Morgan fingerprint density at radius 2 is 2.18 bits per heavy atom. The SMILES string of the molecule is CN(C(=O)CCC1CCCCO1)C1CNC1.Cl. The maximum absolute atomic E-state index is 11.9. The Morgan fingerprint density at radius 1 is 1.41 bits per heavy atom. The van der Waals surface area contributed by atoms with Gasteiger partial charge in [0.25, 0.3) is 0 Å². The van der Waals surface area contributed by atoms with Crippen LogP contribution >= 0.6 is 12.4 Å². The summed E-state index contributed by atoms with van der Waals surface area (Å²) >= 11 is 0. The smallest absolute Gasteiger partial charge is 0.222 e. The summed E-state index contributed by atoms with van der Waals surface area (Å²) in [7, 11) is 1.91. The standard InChI is InChI=1S/C12H22N2O2.ClH/c1-14(10-8-13-9-10)12(15)6-5-11-4-2-3-7-16-11;/h10-11,13H,2-9H2,1H3;1H. The van der Waals surface area contributed by atoms with Crippen molar-refractivity contribution < 1.29 is 9.53 Å². The fourth-order valence-electron chi connectivity index (χ4n) is 2.25. The van der Waals surface area contributed by atoms with Crippen molar-refractivity contribution in [1.29, 1.82) is 0 Å². The number of hydrogen-bond acceptors (Lipinski definition) is 3. The third-order valence-electron chi connectivity index (χ3n) is 3.66. The summed E-state index contributed by atoms with van der Waals surface area (Å²) in [5, 5.41) is 3.18. The molecule has 0 saturated carbocycles. The predicted octanol–water partition coefficient (Wildman–Crippen LogP) is 1.19. The molecule has 4 nitrogen and oxygen atoms in total. The molecule has 5 heteroatoms. The van der Waals surface area contributed by atoms with Crippen molar-refractivity contribution in [2.75, 3.05) is 26.7 Å². The number of hydrogen-bond donors (Lipinski definition) is 1. The normalized spacial score (nSPS) is 24.6. The van der Waals surface area contributed by atoms with Crippen LogP contribution < -0.4 is 5.32 Å². The molecule has 0 aromatic heterocycles. The van der Waals surface area contributed by atoms with Gasteiger partial charge >= 0.3 is 0 Å². The van der Waals surface area contributed by atoms with Crippen molar-refractivity contribution in [2.24, 2.45) is 0 Å². The number of amides is 1. The third-order valence-corrected chi connectivity index (χ3v) is 3.66. The minimum Gasteiger partial charge on any atom is -0.378 e. The van der Waals surface area contributed by atoms with E-state index in [0.29, 0.717) is 18.6 Å². The molecule has 0 aromatic rings. The number of halogens is 1. The van der Waals surface area contributed by atoms with Crippen LogP contribution in [0.25, 0.3) is 0 Å². The lowest BCUT2D eigenvalue weighted by Crippen LogP contribution is -2.57. The highest BCUT2D eigenvalue weighted by Crippen LogP contribution is 2.17. The molecule has 2 aliphatic heterocycles. The lowest BCUT2D eigenvalue weighted by molar-refractivity contribution is -0.133. The second kappa shape index (κ2) is 7.19. The molecule has 2 heterocycles. The quantitative estimate of drug-likeness (QED) is 0.828. The molecule has 2 saturated heterocycles. The van der Waals surface area contributed by atoms with Crippen LogP contribution in [0.3, 0.4) is 0 Å². The molecule has 1 atom stereocenters. The van der Waals surface area contributed by atoms with Crippen LogP contribution in [-0.2, 0) is 9.53 Å². The van der Waals surface area contributed by atoms with Gasteiger partial charge in [-0.3, -0.25) is 4.79 Å². The van der Waals surface area contributed by atoms with Crippen LogP contribution in [0.1, 0.15) is 32.1 Å². The van der Waals surface area contributed by atoms with Gasteiger partial charge in [-0.15, -0.1) is 12.4 Å².